The van der Waals surface area contributed by atoms with Crippen LogP contribution < -0.4 is 5.73 Å². The summed E-state index contributed by atoms with van der Waals surface area (Å²) in [4.78, 5) is 2.69. The molecule has 0 bridgehead atoms. The molecule has 0 radical (unpaired) electrons. The second-order valence-electron chi connectivity index (χ2n) is 4.43. The Morgan fingerprint density at radius 2 is 2.06 bits per heavy atom. The molecule has 0 unspecified atom stereocenters. The second-order valence-corrected chi connectivity index (χ2v) is 4.43. The summed E-state index contributed by atoms with van der Waals surface area (Å²) in [5.41, 5.74) is 13.8. The van der Waals surface area contributed by atoms with E-state index in [0.29, 0.717) is 13.1 Å². The Morgan fingerprint density at radius 3 is 2.69 bits per heavy atom. The van der Waals surface area contributed by atoms with E-state index in [4.69, 9.17) is 25.5 Å². The zero-order chi connectivity index (χ0) is 11.8. The van der Waals surface area contributed by atoms with Gasteiger partial charge in [-0.1, -0.05) is 5.11 Å². The van der Waals surface area contributed by atoms with Crippen molar-refractivity contribution in [1.82, 2.24) is 0 Å². The van der Waals surface area contributed by atoms with Crippen LogP contribution in [0.3, 0.4) is 0 Å². The molecule has 2 fully saturated rings. The molecule has 90 valence electrons. The summed E-state index contributed by atoms with van der Waals surface area (Å²) in [5, 5.41) is 3.47. The monoisotopic (exact) mass is 228 g/mol. The molecule has 2 aliphatic heterocycles. The van der Waals surface area contributed by atoms with Crippen molar-refractivity contribution in [3.8, 4) is 0 Å². The van der Waals surface area contributed by atoms with Gasteiger partial charge in [-0.2, -0.15) is 0 Å². The summed E-state index contributed by atoms with van der Waals surface area (Å²) in [6.07, 6.45) is -0.455. The van der Waals surface area contributed by atoms with Gasteiger partial charge in [0.25, 0.3) is 0 Å². The van der Waals surface area contributed by atoms with Crippen LogP contribution in [-0.2, 0) is 14.2 Å². The van der Waals surface area contributed by atoms with Gasteiger partial charge in [-0.15, -0.1) is 0 Å². The Kier molecular flexibility index (Phi) is 3.05. The smallest absolute Gasteiger partial charge is 0.163 e. The predicted octanol–water partition coefficient (Wildman–Crippen LogP) is 0.543. The van der Waals surface area contributed by atoms with E-state index in [1.165, 1.54) is 0 Å². The number of rotatable bonds is 4. The molecule has 7 heteroatoms. The van der Waals surface area contributed by atoms with Gasteiger partial charge >= 0.3 is 0 Å². The van der Waals surface area contributed by atoms with Crippen molar-refractivity contribution in [2.75, 3.05) is 13.1 Å². The van der Waals surface area contributed by atoms with E-state index in [1.807, 2.05) is 13.8 Å². The molecule has 2 N–H and O–H groups in total. The van der Waals surface area contributed by atoms with Crippen LogP contribution in [0.2, 0.25) is 0 Å². The summed E-state index contributed by atoms with van der Waals surface area (Å²) in [5.74, 6) is -0.621. The highest BCUT2D eigenvalue weighted by Gasteiger charge is 2.54. The van der Waals surface area contributed by atoms with E-state index < -0.39 is 5.79 Å². The van der Waals surface area contributed by atoms with Gasteiger partial charge in [0.15, 0.2) is 5.79 Å². The first-order valence-corrected chi connectivity index (χ1v) is 5.29. The van der Waals surface area contributed by atoms with E-state index in [0.717, 1.165) is 0 Å². The molecule has 7 nitrogen and oxygen atoms in total. The fourth-order valence-electron chi connectivity index (χ4n) is 2.03. The van der Waals surface area contributed by atoms with Crippen LogP contribution in [-0.4, -0.2) is 43.3 Å². The molecule has 0 amide bonds. The third-order valence-corrected chi connectivity index (χ3v) is 2.72. The van der Waals surface area contributed by atoms with Crippen LogP contribution in [0.4, 0.5) is 0 Å². The SMILES string of the molecule is CC1(C)O[C@@H]([C@@H]2O[C@@H]2CN=[N+]=[N-])[C@H](CN)O1. The first-order chi connectivity index (χ1) is 7.57. The summed E-state index contributed by atoms with van der Waals surface area (Å²) >= 11 is 0. The normalized spacial score (nSPS) is 40.4. The standard InChI is InChI=1S/C9H16N4O3/c1-9(2)15-5(3-10)8(16-9)7-6(14-7)4-12-13-11/h5-8H,3-4,10H2,1-2H3/t5-,6+,7+,8+/m0/s1. The maximum absolute atomic E-state index is 8.20. The zero-order valence-corrected chi connectivity index (χ0v) is 9.37. The molecule has 0 spiro atoms. The first kappa shape index (κ1) is 11.6. The third-order valence-electron chi connectivity index (χ3n) is 2.72. The van der Waals surface area contributed by atoms with Crippen molar-refractivity contribution < 1.29 is 14.2 Å². The van der Waals surface area contributed by atoms with Gasteiger partial charge in [-0.3, -0.25) is 0 Å². The van der Waals surface area contributed by atoms with Crippen molar-refractivity contribution in [2.45, 2.75) is 44.1 Å². The van der Waals surface area contributed by atoms with E-state index in [-0.39, 0.29) is 24.4 Å². The molecular formula is C9H16N4O3. The van der Waals surface area contributed by atoms with Gasteiger partial charge in [-0.05, 0) is 19.4 Å². The highest BCUT2D eigenvalue weighted by molar-refractivity contribution is 4.99. The number of azide groups is 1. The Bertz CT molecular complexity index is 316. The molecule has 16 heavy (non-hydrogen) atoms. The maximum Gasteiger partial charge on any atom is 0.163 e. The van der Waals surface area contributed by atoms with Crippen molar-refractivity contribution in [3.05, 3.63) is 10.4 Å². The molecular weight excluding hydrogens is 212 g/mol. The van der Waals surface area contributed by atoms with Gasteiger partial charge in [-0.25, -0.2) is 0 Å². The fourth-order valence-corrected chi connectivity index (χ4v) is 2.03. The number of epoxide rings is 1. The van der Waals surface area contributed by atoms with Crippen LogP contribution in [0, 0.1) is 0 Å². The lowest BCUT2D eigenvalue weighted by Gasteiger charge is -2.16. The van der Waals surface area contributed by atoms with Crippen molar-refractivity contribution in [1.29, 1.82) is 0 Å². The van der Waals surface area contributed by atoms with Crippen LogP contribution in [0.1, 0.15) is 13.8 Å². The lowest BCUT2D eigenvalue weighted by Crippen LogP contribution is -2.35. The number of hydrogen-bond donors (Lipinski definition) is 1. The highest BCUT2D eigenvalue weighted by Crippen LogP contribution is 2.38. The third kappa shape index (κ3) is 2.28. The number of ether oxygens (including phenoxy) is 3. The van der Waals surface area contributed by atoms with Gasteiger partial charge in [0.2, 0.25) is 0 Å². The molecule has 2 aliphatic rings. The van der Waals surface area contributed by atoms with Crippen molar-refractivity contribution in [3.63, 3.8) is 0 Å². The summed E-state index contributed by atoms with van der Waals surface area (Å²) in [6.45, 7) is 4.42. The lowest BCUT2D eigenvalue weighted by atomic mass is 10.1. The molecule has 2 heterocycles. The fraction of sp³-hybridized carbons (Fsp3) is 1.00. The zero-order valence-electron chi connectivity index (χ0n) is 9.37. The Balaban J connectivity index is 1.93. The Morgan fingerprint density at radius 1 is 1.31 bits per heavy atom. The lowest BCUT2D eigenvalue weighted by molar-refractivity contribution is -0.147. The van der Waals surface area contributed by atoms with Gasteiger partial charge in [0.1, 0.15) is 18.3 Å². The van der Waals surface area contributed by atoms with E-state index in [2.05, 4.69) is 10.0 Å². The average molecular weight is 228 g/mol. The molecule has 2 rings (SSSR count). The Hall–Kier alpha value is -0.850. The summed E-state index contributed by atoms with van der Waals surface area (Å²) in [7, 11) is 0. The highest BCUT2D eigenvalue weighted by atomic mass is 16.8. The topological polar surface area (TPSA) is 106 Å². The predicted molar refractivity (Wildman–Crippen MR) is 55.6 cm³/mol. The van der Waals surface area contributed by atoms with Crippen molar-refractivity contribution in [2.24, 2.45) is 10.8 Å². The van der Waals surface area contributed by atoms with Gasteiger partial charge in [0.05, 0.1) is 12.6 Å². The molecule has 0 aromatic rings. The summed E-state index contributed by atoms with van der Waals surface area (Å²) in [6, 6.07) is 0. The summed E-state index contributed by atoms with van der Waals surface area (Å²) < 4.78 is 16.8. The molecule has 0 aromatic carbocycles. The van der Waals surface area contributed by atoms with Crippen LogP contribution in [0.5, 0.6) is 0 Å². The minimum absolute atomic E-state index is 0.0625. The van der Waals surface area contributed by atoms with E-state index in [9.17, 15) is 0 Å². The van der Waals surface area contributed by atoms with E-state index in [1.54, 1.807) is 0 Å². The van der Waals surface area contributed by atoms with Gasteiger partial charge < -0.3 is 19.9 Å². The van der Waals surface area contributed by atoms with Crippen molar-refractivity contribution >= 4 is 0 Å². The van der Waals surface area contributed by atoms with Crippen LogP contribution in [0.15, 0.2) is 5.11 Å². The molecule has 0 aliphatic carbocycles. The molecule has 4 atom stereocenters. The van der Waals surface area contributed by atoms with E-state index >= 15 is 0 Å². The van der Waals surface area contributed by atoms with Gasteiger partial charge in [0, 0.05) is 11.5 Å². The number of nitrogens with zero attached hydrogens (tertiary/aromatic N) is 3. The number of hydrogen-bond acceptors (Lipinski definition) is 5. The second kappa shape index (κ2) is 4.20. The maximum atomic E-state index is 8.20. The minimum atomic E-state index is -0.621. The molecule has 0 saturated carbocycles. The number of nitrogens with two attached hydrogens (primary N) is 1. The Labute approximate surface area is 93.5 Å². The van der Waals surface area contributed by atoms with Crippen LogP contribution >= 0.6 is 0 Å². The quantitative estimate of drug-likeness (QED) is 0.328. The first-order valence-electron chi connectivity index (χ1n) is 5.29. The minimum Gasteiger partial charge on any atom is -0.367 e. The average Bonchev–Trinajstić information content (AvgIpc) is 2.93. The molecule has 0 aromatic heterocycles. The molecule has 2 saturated heterocycles. The largest absolute Gasteiger partial charge is 0.367 e. The van der Waals surface area contributed by atoms with Crippen LogP contribution in [0.25, 0.3) is 10.4 Å².